The molecule has 2 atom stereocenters. The predicted octanol–water partition coefficient (Wildman–Crippen LogP) is 4.32. The lowest BCUT2D eigenvalue weighted by molar-refractivity contribution is -0.142. The molecule has 2 aromatic carbocycles. The topological polar surface area (TPSA) is 81.1 Å². The second-order valence-corrected chi connectivity index (χ2v) is 7.95. The zero-order chi connectivity index (χ0) is 23.2. The van der Waals surface area contributed by atoms with Crippen LogP contribution in [0.4, 0.5) is 0 Å². The highest BCUT2D eigenvalue weighted by Crippen LogP contribution is 2.44. The number of methoxy groups -OCH3 is 2. The molecule has 0 radical (unpaired) electrons. The molecular formula is C26H28N2O5. The first kappa shape index (κ1) is 22.6. The van der Waals surface area contributed by atoms with Gasteiger partial charge in [0.15, 0.2) is 11.5 Å². The van der Waals surface area contributed by atoms with Crippen molar-refractivity contribution < 1.29 is 24.1 Å². The maximum atomic E-state index is 12.0. The standard InChI is InChI=1S/C26H28N2O5/c1-31-22-14-20(15-23(32-2)25(22)33-17-18-8-4-3-5-9-18)24(19-10-6-12-27-16-19)28-13-7-11-21(28)26(29)30/h3-6,8-10,12,14-16,21,24H,7,11,13,17H2,1-2H3,(H,29,30). The van der Waals surface area contributed by atoms with Gasteiger partial charge in [0.1, 0.15) is 12.6 Å². The van der Waals surface area contributed by atoms with Gasteiger partial charge in [0.2, 0.25) is 5.75 Å². The number of ether oxygens (including phenoxy) is 3. The van der Waals surface area contributed by atoms with Crippen LogP contribution in [0.5, 0.6) is 17.2 Å². The zero-order valence-corrected chi connectivity index (χ0v) is 18.8. The predicted molar refractivity (Wildman–Crippen MR) is 124 cm³/mol. The number of aromatic nitrogens is 1. The van der Waals surface area contributed by atoms with Crippen molar-refractivity contribution in [3.63, 3.8) is 0 Å². The van der Waals surface area contributed by atoms with E-state index in [2.05, 4.69) is 4.98 Å². The van der Waals surface area contributed by atoms with E-state index in [4.69, 9.17) is 14.2 Å². The number of carboxylic acid groups (broad SMARTS) is 1. The highest BCUT2D eigenvalue weighted by Gasteiger charge is 2.37. The zero-order valence-electron chi connectivity index (χ0n) is 18.8. The molecule has 7 heteroatoms. The van der Waals surface area contributed by atoms with E-state index in [1.807, 2.05) is 59.5 Å². The third kappa shape index (κ3) is 4.93. The Morgan fingerprint density at radius 1 is 1.09 bits per heavy atom. The summed E-state index contributed by atoms with van der Waals surface area (Å²) in [7, 11) is 3.17. The van der Waals surface area contributed by atoms with Gasteiger partial charge in [-0.2, -0.15) is 0 Å². The van der Waals surface area contributed by atoms with Crippen molar-refractivity contribution in [1.82, 2.24) is 9.88 Å². The number of hydrogen-bond donors (Lipinski definition) is 1. The Morgan fingerprint density at radius 3 is 2.42 bits per heavy atom. The molecule has 0 bridgehead atoms. The summed E-state index contributed by atoms with van der Waals surface area (Å²) in [6.45, 7) is 1.04. The minimum Gasteiger partial charge on any atom is -0.493 e. The largest absolute Gasteiger partial charge is 0.493 e. The van der Waals surface area contributed by atoms with Crippen LogP contribution >= 0.6 is 0 Å². The summed E-state index contributed by atoms with van der Waals surface area (Å²) in [5.41, 5.74) is 2.80. The number of hydrogen-bond acceptors (Lipinski definition) is 6. The molecule has 0 saturated carbocycles. The van der Waals surface area contributed by atoms with Crippen molar-refractivity contribution in [2.75, 3.05) is 20.8 Å². The molecule has 2 heterocycles. The van der Waals surface area contributed by atoms with E-state index in [1.165, 1.54) is 0 Å². The maximum absolute atomic E-state index is 12.0. The SMILES string of the molecule is COc1cc(C(c2cccnc2)N2CCCC2C(=O)O)cc(OC)c1OCc1ccccc1. The molecular weight excluding hydrogens is 420 g/mol. The molecule has 172 valence electrons. The number of pyridine rings is 1. The van der Waals surface area contributed by atoms with Crippen LogP contribution in [0.25, 0.3) is 0 Å². The van der Waals surface area contributed by atoms with Gasteiger partial charge < -0.3 is 19.3 Å². The van der Waals surface area contributed by atoms with Crippen molar-refractivity contribution in [3.8, 4) is 17.2 Å². The molecule has 1 saturated heterocycles. The summed E-state index contributed by atoms with van der Waals surface area (Å²) in [6, 6.07) is 16.6. The Bertz CT molecular complexity index is 1050. The van der Waals surface area contributed by atoms with Crippen LogP contribution < -0.4 is 14.2 Å². The molecule has 1 aliphatic heterocycles. The second kappa shape index (κ2) is 10.4. The van der Waals surface area contributed by atoms with Crippen LogP contribution in [0, 0.1) is 0 Å². The minimum atomic E-state index is -0.817. The van der Waals surface area contributed by atoms with Gasteiger partial charge in [-0.1, -0.05) is 36.4 Å². The molecule has 0 amide bonds. The number of nitrogens with zero attached hydrogens (tertiary/aromatic N) is 2. The van der Waals surface area contributed by atoms with E-state index >= 15 is 0 Å². The summed E-state index contributed by atoms with van der Waals surface area (Å²) in [6.07, 6.45) is 4.92. The van der Waals surface area contributed by atoms with Gasteiger partial charge in [-0.05, 0) is 47.7 Å². The number of benzene rings is 2. The fourth-order valence-corrected chi connectivity index (χ4v) is 4.41. The van der Waals surface area contributed by atoms with E-state index in [0.29, 0.717) is 36.8 Å². The number of carbonyl (C=O) groups is 1. The Hall–Kier alpha value is -3.58. The first-order chi connectivity index (χ1) is 16.1. The first-order valence-corrected chi connectivity index (χ1v) is 10.9. The quantitative estimate of drug-likeness (QED) is 0.522. The lowest BCUT2D eigenvalue weighted by Crippen LogP contribution is -2.39. The number of aliphatic carboxylic acids is 1. The van der Waals surface area contributed by atoms with Crippen molar-refractivity contribution >= 4 is 5.97 Å². The van der Waals surface area contributed by atoms with Crippen LogP contribution in [-0.2, 0) is 11.4 Å². The van der Waals surface area contributed by atoms with Crippen LogP contribution in [0.15, 0.2) is 67.0 Å². The lowest BCUT2D eigenvalue weighted by Gasteiger charge is -2.32. The Morgan fingerprint density at radius 2 is 1.82 bits per heavy atom. The van der Waals surface area contributed by atoms with Gasteiger partial charge in [-0.15, -0.1) is 0 Å². The van der Waals surface area contributed by atoms with Crippen molar-refractivity contribution in [3.05, 3.63) is 83.7 Å². The molecule has 1 aromatic heterocycles. The van der Waals surface area contributed by atoms with Gasteiger partial charge in [-0.25, -0.2) is 0 Å². The van der Waals surface area contributed by atoms with Gasteiger partial charge in [-0.3, -0.25) is 14.7 Å². The van der Waals surface area contributed by atoms with Gasteiger partial charge in [0, 0.05) is 18.9 Å². The van der Waals surface area contributed by atoms with Gasteiger partial charge in [0.05, 0.1) is 20.3 Å². The summed E-state index contributed by atoms with van der Waals surface area (Å²) in [4.78, 5) is 18.3. The lowest BCUT2D eigenvalue weighted by atomic mass is 9.96. The normalized spacial score (nSPS) is 16.8. The highest BCUT2D eigenvalue weighted by molar-refractivity contribution is 5.74. The molecule has 0 spiro atoms. The monoisotopic (exact) mass is 448 g/mol. The molecule has 2 unspecified atom stereocenters. The minimum absolute atomic E-state index is 0.312. The van der Waals surface area contributed by atoms with Gasteiger partial charge >= 0.3 is 5.97 Å². The third-order valence-electron chi connectivity index (χ3n) is 5.94. The van der Waals surface area contributed by atoms with Crippen molar-refractivity contribution in [2.45, 2.75) is 31.5 Å². The molecule has 1 N–H and O–H groups in total. The molecule has 0 aliphatic carbocycles. The Kier molecular flexibility index (Phi) is 7.10. The Labute approximate surface area is 193 Å². The van der Waals surface area contributed by atoms with Crippen LogP contribution in [0.1, 0.15) is 35.6 Å². The number of likely N-dealkylation sites (tertiary alicyclic amines) is 1. The van der Waals surface area contributed by atoms with E-state index in [9.17, 15) is 9.90 Å². The summed E-state index contributed by atoms with van der Waals surface area (Å²) >= 11 is 0. The maximum Gasteiger partial charge on any atom is 0.320 e. The summed E-state index contributed by atoms with van der Waals surface area (Å²) in [5.74, 6) is 0.748. The molecule has 1 fully saturated rings. The van der Waals surface area contributed by atoms with Gasteiger partial charge in [0.25, 0.3) is 0 Å². The van der Waals surface area contributed by atoms with Crippen LogP contribution in [0.3, 0.4) is 0 Å². The number of rotatable bonds is 9. The fourth-order valence-electron chi connectivity index (χ4n) is 4.41. The fraction of sp³-hybridized carbons (Fsp3) is 0.308. The molecule has 7 nitrogen and oxygen atoms in total. The summed E-state index contributed by atoms with van der Waals surface area (Å²) in [5, 5.41) is 9.82. The molecule has 1 aliphatic rings. The average Bonchev–Trinajstić information content (AvgIpc) is 3.34. The molecule has 33 heavy (non-hydrogen) atoms. The highest BCUT2D eigenvalue weighted by atomic mass is 16.5. The van der Waals surface area contributed by atoms with E-state index in [1.54, 1.807) is 26.6 Å². The van der Waals surface area contributed by atoms with Crippen molar-refractivity contribution in [2.24, 2.45) is 0 Å². The van der Waals surface area contributed by atoms with E-state index < -0.39 is 12.0 Å². The molecule has 4 rings (SSSR count). The van der Waals surface area contributed by atoms with Crippen molar-refractivity contribution in [1.29, 1.82) is 0 Å². The van der Waals surface area contributed by atoms with E-state index in [0.717, 1.165) is 23.1 Å². The molecule has 3 aromatic rings. The number of carboxylic acids is 1. The van der Waals surface area contributed by atoms with Crippen LogP contribution in [0.2, 0.25) is 0 Å². The average molecular weight is 449 g/mol. The first-order valence-electron chi connectivity index (χ1n) is 10.9. The van der Waals surface area contributed by atoms with E-state index in [-0.39, 0.29) is 6.04 Å². The summed E-state index contributed by atoms with van der Waals surface area (Å²) < 4.78 is 17.5. The third-order valence-corrected chi connectivity index (χ3v) is 5.94. The second-order valence-electron chi connectivity index (χ2n) is 7.95. The Balaban J connectivity index is 1.75. The van der Waals surface area contributed by atoms with Crippen LogP contribution in [-0.4, -0.2) is 47.8 Å². The smallest absolute Gasteiger partial charge is 0.320 e.